The maximum absolute atomic E-state index is 12.5. The minimum Gasteiger partial charge on any atom is -0.383 e. The van der Waals surface area contributed by atoms with Crippen molar-refractivity contribution >= 4 is 11.6 Å². The molecule has 1 aliphatic rings. The highest BCUT2D eigenvalue weighted by atomic mass is 16.1. The summed E-state index contributed by atoms with van der Waals surface area (Å²) in [6, 6.07) is 2.08. The van der Waals surface area contributed by atoms with Gasteiger partial charge < -0.3 is 10.6 Å². The highest BCUT2D eigenvalue weighted by molar-refractivity contribution is 5.99. The van der Waals surface area contributed by atoms with Crippen LogP contribution in [0.4, 0.5) is 5.69 Å². The van der Waals surface area contributed by atoms with Crippen LogP contribution in [-0.4, -0.2) is 23.5 Å². The lowest BCUT2D eigenvalue weighted by atomic mass is 9.97. The first-order valence-electron chi connectivity index (χ1n) is 7.62. The summed E-state index contributed by atoms with van der Waals surface area (Å²) in [5, 5.41) is 6.45. The van der Waals surface area contributed by atoms with E-state index < -0.39 is 0 Å². The lowest BCUT2D eigenvalue weighted by Gasteiger charge is -2.20. The van der Waals surface area contributed by atoms with Crippen LogP contribution in [0.5, 0.6) is 0 Å². The van der Waals surface area contributed by atoms with Crippen molar-refractivity contribution in [3.8, 4) is 0 Å². The van der Waals surface area contributed by atoms with E-state index in [2.05, 4.69) is 36.4 Å². The van der Waals surface area contributed by atoms with Crippen LogP contribution >= 0.6 is 0 Å². The number of carbonyl (C=O) groups is 1. The zero-order chi connectivity index (χ0) is 14.5. The molecule has 4 heteroatoms. The monoisotopic (exact) mass is 275 g/mol. The molecule has 1 fully saturated rings. The van der Waals surface area contributed by atoms with E-state index >= 15 is 0 Å². The topological polar surface area (TPSA) is 54.0 Å². The molecule has 2 N–H and O–H groups in total. The first-order chi connectivity index (χ1) is 9.63. The molecule has 0 spiro atoms. The van der Waals surface area contributed by atoms with E-state index in [1.807, 2.05) is 0 Å². The summed E-state index contributed by atoms with van der Waals surface area (Å²) in [5.74, 6) is 1.25. The molecule has 20 heavy (non-hydrogen) atoms. The molecule has 1 saturated carbocycles. The third-order valence-electron chi connectivity index (χ3n) is 4.41. The van der Waals surface area contributed by atoms with E-state index in [0.717, 1.165) is 25.1 Å². The van der Waals surface area contributed by atoms with E-state index in [4.69, 9.17) is 0 Å². The van der Waals surface area contributed by atoms with Gasteiger partial charge in [-0.25, -0.2) is 0 Å². The number of aromatic nitrogens is 1. The molecule has 1 amide bonds. The van der Waals surface area contributed by atoms with Gasteiger partial charge in [0.05, 0.1) is 17.4 Å². The van der Waals surface area contributed by atoms with E-state index in [1.165, 1.54) is 6.42 Å². The highest BCUT2D eigenvalue weighted by Crippen LogP contribution is 2.31. The van der Waals surface area contributed by atoms with Crippen molar-refractivity contribution < 1.29 is 4.79 Å². The molecule has 1 aromatic rings. The van der Waals surface area contributed by atoms with Crippen molar-refractivity contribution in [3.05, 3.63) is 24.0 Å². The van der Waals surface area contributed by atoms with E-state index in [1.54, 1.807) is 18.5 Å². The van der Waals surface area contributed by atoms with Gasteiger partial charge in [0.15, 0.2) is 0 Å². The quantitative estimate of drug-likeness (QED) is 0.868. The number of nitrogens with zero attached hydrogens (tertiary/aromatic N) is 1. The molecule has 3 atom stereocenters. The van der Waals surface area contributed by atoms with Gasteiger partial charge in [0.25, 0.3) is 5.91 Å². The lowest BCUT2D eigenvalue weighted by molar-refractivity contribution is 0.0928. The summed E-state index contributed by atoms with van der Waals surface area (Å²) in [6.07, 6.45) is 6.70. The van der Waals surface area contributed by atoms with Gasteiger partial charge in [-0.2, -0.15) is 0 Å². The minimum atomic E-state index is 0.0111. The highest BCUT2D eigenvalue weighted by Gasteiger charge is 2.31. The fourth-order valence-corrected chi connectivity index (χ4v) is 2.81. The summed E-state index contributed by atoms with van der Waals surface area (Å²) >= 11 is 0. The van der Waals surface area contributed by atoms with Gasteiger partial charge in [0.2, 0.25) is 0 Å². The number of nitrogens with one attached hydrogen (secondary N) is 2. The normalized spacial score (nSPS) is 25.4. The van der Waals surface area contributed by atoms with Gasteiger partial charge >= 0.3 is 0 Å². The Kier molecular flexibility index (Phi) is 4.99. The molecular formula is C16H25N3O. The summed E-state index contributed by atoms with van der Waals surface area (Å²) in [4.78, 5) is 16.6. The average Bonchev–Trinajstić information content (AvgIpc) is 2.77. The number of carbonyl (C=O) groups excluding carboxylic acids is 1. The first kappa shape index (κ1) is 14.8. The van der Waals surface area contributed by atoms with E-state index in [0.29, 0.717) is 23.4 Å². The minimum absolute atomic E-state index is 0.0111. The maximum atomic E-state index is 12.5. The average molecular weight is 275 g/mol. The van der Waals surface area contributed by atoms with E-state index in [9.17, 15) is 4.79 Å². The molecule has 1 aliphatic carbocycles. The molecule has 0 radical (unpaired) electrons. The van der Waals surface area contributed by atoms with Crippen LogP contribution in [0.3, 0.4) is 0 Å². The number of hydrogen-bond acceptors (Lipinski definition) is 3. The Hall–Kier alpha value is -1.58. The van der Waals surface area contributed by atoms with Gasteiger partial charge in [-0.15, -0.1) is 0 Å². The van der Waals surface area contributed by atoms with Crippen molar-refractivity contribution in [1.29, 1.82) is 0 Å². The van der Waals surface area contributed by atoms with Crippen LogP contribution in [0.2, 0.25) is 0 Å². The van der Waals surface area contributed by atoms with Crippen molar-refractivity contribution in [2.75, 3.05) is 11.9 Å². The number of anilines is 1. The Morgan fingerprint density at radius 1 is 1.40 bits per heavy atom. The number of hydrogen-bond donors (Lipinski definition) is 2. The molecule has 0 aromatic carbocycles. The SMILES string of the molecule is CCCNc1cnccc1C(=O)NC1CCC(C)C1C. The lowest BCUT2D eigenvalue weighted by Crippen LogP contribution is -2.37. The van der Waals surface area contributed by atoms with Gasteiger partial charge in [0.1, 0.15) is 0 Å². The smallest absolute Gasteiger partial charge is 0.253 e. The predicted octanol–water partition coefficient (Wildman–Crippen LogP) is 3.07. The molecule has 110 valence electrons. The fraction of sp³-hybridized carbons (Fsp3) is 0.625. The molecular weight excluding hydrogens is 250 g/mol. The molecule has 1 heterocycles. The second-order valence-electron chi connectivity index (χ2n) is 5.84. The number of pyridine rings is 1. The van der Waals surface area contributed by atoms with Crippen LogP contribution in [-0.2, 0) is 0 Å². The van der Waals surface area contributed by atoms with E-state index in [-0.39, 0.29) is 5.91 Å². The Bertz CT molecular complexity index is 461. The summed E-state index contributed by atoms with van der Waals surface area (Å²) in [6.45, 7) is 7.44. The Morgan fingerprint density at radius 2 is 2.20 bits per heavy atom. The van der Waals surface area contributed by atoms with Crippen LogP contribution in [0.15, 0.2) is 18.5 Å². The van der Waals surface area contributed by atoms with Crippen LogP contribution in [0.25, 0.3) is 0 Å². The molecule has 4 nitrogen and oxygen atoms in total. The molecule has 0 bridgehead atoms. The number of amides is 1. The van der Waals surface area contributed by atoms with Gasteiger partial charge in [-0.3, -0.25) is 9.78 Å². The van der Waals surface area contributed by atoms with Crippen molar-refractivity contribution in [2.45, 2.75) is 46.1 Å². The molecule has 2 rings (SSSR count). The molecule has 3 unspecified atom stereocenters. The van der Waals surface area contributed by atoms with Crippen molar-refractivity contribution in [2.24, 2.45) is 11.8 Å². The fourth-order valence-electron chi connectivity index (χ4n) is 2.81. The second kappa shape index (κ2) is 6.73. The van der Waals surface area contributed by atoms with Crippen LogP contribution in [0.1, 0.15) is 50.4 Å². The van der Waals surface area contributed by atoms with Crippen LogP contribution in [0, 0.1) is 11.8 Å². The zero-order valence-corrected chi connectivity index (χ0v) is 12.6. The standard InChI is InChI=1S/C16H25N3O/c1-4-8-18-15-10-17-9-7-13(15)16(20)19-14-6-5-11(2)12(14)3/h7,9-12,14,18H,4-6,8H2,1-3H3,(H,19,20). The van der Waals surface area contributed by atoms with Gasteiger partial charge in [0, 0.05) is 18.8 Å². The summed E-state index contributed by atoms with van der Waals surface area (Å²) in [5.41, 5.74) is 1.52. The Labute approximate surface area is 121 Å². The molecule has 1 aromatic heterocycles. The second-order valence-corrected chi connectivity index (χ2v) is 5.84. The number of rotatable bonds is 5. The molecule has 0 aliphatic heterocycles. The Balaban J connectivity index is 2.05. The third kappa shape index (κ3) is 3.30. The first-order valence-corrected chi connectivity index (χ1v) is 7.62. The Morgan fingerprint density at radius 3 is 2.85 bits per heavy atom. The van der Waals surface area contributed by atoms with Gasteiger partial charge in [-0.1, -0.05) is 20.8 Å². The predicted molar refractivity (Wildman–Crippen MR) is 81.8 cm³/mol. The summed E-state index contributed by atoms with van der Waals surface area (Å²) in [7, 11) is 0. The van der Waals surface area contributed by atoms with Crippen LogP contribution < -0.4 is 10.6 Å². The molecule has 0 saturated heterocycles. The largest absolute Gasteiger partial charge is 0.383 e. The van der Waals surface area contributed by atoms with Crippen molar-refractivity contribution in [3.63, 3.8) is 0 Å². The van der Waals surface area contributed by atoms with Gasteiger partial charge in [-0.05, 0) is 37.2 Å². The van der Waals surface area contributed by atoms with Crippen molar-refractivity contribution in [1.82, 2.24) is 10.3 Å². The summed E-state index contributed by atoms with van der Waals surface area (Å²) < 4.78 is 0. The third-order valence-corrected chi connectivity index (χ3v) is 4.41. The maximum Gasteiger partial charge on any atom is 0.253 e. The zero-order valence-electron chi connectivity index (χ0n) is 12.6.